The summed E-state index contributed by atoms with van der Waals surface area (Å²) in [4.78, 5) is 0. The molecule has 0 radical (unpaired) electrons. The molecule has 0 aliphatic rings. The minimum absolute atomic E-state index is 0.250. The van der Waals surface area contributed by atoms with Crippen molar-refractivity contribution < 1.29 is 9.13 Å². The number of ether oxygens (including phenoxy) is 1. The fourth-order valence-electron chi connectivity index (χ4n) is 1.78. The Hall–Kier alpha value is -1.39. The summed E-state index contributed by atoms with van der Waals surface area (Å²) < 4.78 is 20.4. The molecular formula is C15H15BrFNO. The van der Waals surface area contributed by atoms with Crippen LogP contribution in [0.5, 0.6) is 11.5 Å². The lowest BCUT2D eigenvalue weighted by Gasteiger charge is -2.12. The summed E-state index contributed by atoms with van der Waals surface area (Å²) in [6.45, 7) is 2.56. The van der Waals surface area contributed by atoms with Gasteiger partial charge in [0.1, 0.15) is 5.75 Å². The van der Waals surface area contributed by atoms with Gasteiger partial charge in [-0.15, -0.1) is 0 Å². The monoisotopic (exact) mass is 323 g/mol. The Bertz CT molecular complexity index is 586. The molecule has 19 heavy (non-hydrogen) atoms. The third-order valence-electron chi connectivity index (χ3n) is 2.70. The predicted octanol–water partition coefficient (Wildman–Crippen LogP) is 4.41. The van der Waals surface area contributed by atoms with Crippen LogP contribution in [0.15, 0.2) is 40.9 Å². The summed E-state index contributed by atoms with van der Waals surface area (Å²) >= 11 is 3.42. The second-order valence-corrected chi connectivity index (χ2v) is 5.23. The molecule has 1 N–H and O–H groups in total. The fourth-order valence-corrected chi connectivity index (χ4v) is 2.19. The van der Waals surface area contributed by atoms with Crippen molar-refractivity contribution in [1.82, 2.24) is 5.32 Å². The highest BCUT2D eigenvalue weighted by Gasteiger charge is 2.09. The quantitative estimate of drug-likeness (QED) is 0.899. The predicted molar refractivity (Wildman–Crippen MR) is 78.1 cm³/mol. The van der Waals surface area contributed by atoms with Crippen LogP contribution in [-0.2, 0) is 6.54 Å². The Kier molecular flexibility index (Phi) is 4.56. The van der Waals surface area contributed by atoms with Crippen molar-refractivity contribution >= 4 is 15.9 Å². The van der Waals surface area contributed by atoms with Crippen molar-refractivity contribution in [2.45, 2.75) is 13.5 Å². The zero-order valence-corrected chi connectivity index (χ0v) is 12.4. The first-order chi connectivity index (χ1) is 9.10. The van der Waals surface area contributed by atoms with E-state index in [-0.39, 0.29) is 11.6 Å². The van der Waals surface area contributed by atoms with Crippen LogP contribution < -0.4 is 10.1 Å². The summed E-state index contributed by atoms with van der Waals surface area (Å²) in [6.07, 6.45) is 0. The number of hydrogen-bond donors (Lipinski definition) is 1. The lowest BCUT2D eigenvalue weighted by Crippen LogP contribution is -2.06. The van der Waals surface area contributed by atoms with Gasteiger partial charge in [0, 0.05) is 16.6 Å². The lowest BCUT2D eigenvalue weighted by molar-refractivity contribution is 0.436. The van der Waals surface area contributed by atoms with Crippen LogP contribution in [0.3, 0.4) is 0 Å². The van der Waals surface area contributed by atoms with Crippen LogP contribution in [0.4, 0.5) is 4.39 Å². The van der Waals surface area contributed by atoms with Gasteiger partial charge in [0.25, 0.3) is 0 Å². The van der Waals surface area contributed by atoms with E-state index in [0.717, 1.165) is 15.6 Å². The first-order valence-electron chi connectivity index (χ1n) is 5.97. The van der Waals surface area contributed by atoms with E-state index >= 15 is 0 Å². The van der Waals surface area contributed by atoms with Crippen molar-refractivity contribution in [3.63, 3.8) is 0 Å². The molecular weight excluding hydrogens is 309 g/mol. The van der Waals surface area contributed by atoms with Crippen LogP contribution in [0.1, 0.15) is 11.1 Å². The van der Waals surface area contributed by atoms with E-state index in [1.54, 1.807) is 12.1 Å². The molecule has 4 heteroatoms. The number of nitrogens with one attached hydrogen (secondary N) is 1. The van der Waals surface area contributed by atoms with Crippen molar-refractivity contribution in [1.29, 1.82) is 0 Å². The highest BCUT2D eigenvalue weighted by Crippen LogP contribution is 2.30. The lowest BCUT2D eigenvalue weighted by atomic mass is 10.2. The Labute approximate surface area is 120 Å². The fraction of sp³-hybridized carbons (Fsp3) is 0.200. The molecule has 2 aromatic carbocycles. The zero-order valence-electron chi connectivity index (χ0n) is 10.8. The molecule has 0 aliphatic carbocycles. The van der Waals surface area contributed by atoms with Gasteiger partial charge in [0.05, 0.1) is 0 Å². The van der Waals surface area contributed by atoms with Crippen LogP contribution in [0.2, 0.25) is 0 Å². The maximum absolute atomic E-state index is 13.7. The normalized spacial score (nSPS) is 10.5. The van der Waals surface area contributed by atoms with Gasteiger partial charge in [0.2, 0.25) is 0 Å². The Balaban J connectivity index is 2.34. The Morgan fingerprint density at radius 3 is 2.68 bits per heavy atom. The number of rotatable bonds is 4. The van der Waals surface area contributed by atoms with Gasteiger partial charge in [-0.25, -0.2) is 4.39 Å². The summed E-state index contributed by atoms with van der Waals surface area (Å²) in [5.41, 5.74) is 1.93. The van der Waals surface area contributed by atoms with Crippen molar-refractivity contribution in [3.05, 3.63) is 57.8 Å². The third-order valence-corrected chi connectivity index (χ3v) is 3.19. The topological polar surface area (TPSA) is 21.3 Å². The zero-order chi connectivity index (χ0) is 13.8. The standard InChI is InChI=1S/C15H15BrFNO/c1-10-3-5-13(17)15(7-10)19-14-6-4-12(16)8-11(14)9-18-2/h3-8,18H,9H2,1-2H3. The van der Waals surface area contributed by atoms with E-state index < -0.39 is 0 Å². The number of hydrogen-bond acceptors (Lipinski definition) is 2. The van der Waals surface area contributed by atoms with E-state index in [1.165, 1.54) is 6.07 Å². The summed E-state index contributed by atoms with van der Waals surface area (Å²) in [7, 11) is 1.86. The van der Waals surface area contributed by atoms with Gasteiger partial charge in [-0.1, -0.05) is 22.0 Å². The Morgan fingerprint density at radius 1 is 1.16 bits per heavy atom. The molecule has 0 spiro atoms. The minimum atomic E-state index is -0.357. The smallest absolute Gasteiger partial charge is 0.165 e. The molecule has 100 valence electrons. The highest BCUT2D eigenvalue weighted by molar-refractivity contribution is 9.10. The summed E-state index contributed by atoms with van der Waals surface area (Å²) in [6, 6.07) is 10.5. The number of aryl methyl sites for hydroxylation is 1. The van der Waals surface area contributed by atoms with Crippen LogP contribution in [-0.4, -0.2) is 7.05 Å². The van der Waals surface area contributed by atoms with Gasteiger partial charge in [-0.05, 0) is 49.9 Å². The van der Waals surface area contributed by atoms with E-state index in [2.05, 4.69) is 21.2 Å². The van der Waals surface area contributed by atoms with Crippen molar-refractivity contribution in [2.24, 2.45) is 0 Å². The number of halogens is 2. The minimum Gasteiger partial charge on any atom is -0.454 e. The molecule has 0 bridgehead atoms. The van der Waals surface area contributed by atoms with E-state index in [0.29, 0.717) is 12.3 Å². The molecule has 0 aromatic heterocycles. The second kappa shape index (κ2) is 6.17. The maximum Gasteiger partial charge on any atom is 0.165 e. The van der Waals surface area contributed by atoms with E-state index in [1.807, 2.05) is 32.2 Å². The molecule has 0 atom stereocenters. The van der Waals surface area contributed by atoms with Crippen LogP contribution >= 0.6 is 15.9 Å². The van der Waals surface area contributed by atoms with Gasteiger partial charge < -0.3 is 10.1 Å². The molecule has 0 saturated heterocycles. The second-order valence-electron chi connectivity index (χ2n) is 4.32. The van der Waals surface area contributed by atoms with Crippen LogP contribution in [0.25, 0.3) is 0 Å². The third kappa shape index (κ3) is 3.55. The highest BCUT2D eigenvalue weighted by atomic mass is 79.9. The number of benzene rings is 2. The molecule has 2 aromatic rings. The van der Waals surface area contributed by atoms with Gasteiger partial charge >= 0.3 is 0 Å². The van der Waals surface area contributed by atoms with E-state index in [4.69, 9.17) is 4.74 Å². The first-order valence-corrected chi connectivity index (χ1v) is 6.76. The van der Waals surface area contributed by atoms with Gasteiger partial charge in [-0.2, -0.15) is 0 Å². The average molecular weight is 324 g/mol. The molecule has 0 fully saturated rings. The van der Waals surface area contributed by atoms with Crippen LogP contribution in [0, 0.1) is 12.7 Å². The van der Waals surface area contributed by atoms with Gasteiger partial charge in [-0.3, -0.25) is 0 Å². The molecule has 0 saturated carbocycles. The summed E-state index contributed by atoms with van der Waals surface area (Å²) in [5, 5.41) is 3.07. The average Bonchev–Trinajstić information content (AvgIpc) is 2.37. The summed E-state index contributed by atoms with van der Waals surface area (Å²) in [5.74, 6) is 0.547. The molecule has 0 heterocycles. The molecule has 2 nitrogen and oxygen atoms in total. The van der Waals surface area contributed by atoms with Gasteiger partial charge in [0.15, 0.2) is 11.6 Å². The Morgan fingerprint density at radius 2 is 1.95 bits per heavy atom. The van der Waals surface area contributed by atoms with Crippen molar-refractivity contribution in [2.75, 3.05) is 7.05 Å². The molecule has 0 aliphatic heterocycles. The SMILES string of the molecule is CNCc1cc(Br)ccc1Oc1cc(C)ccc1F. The maximum atomic E-state index is 13.7. The molecule has 0 amide bonds. The molecule has 2 rings (SSSR count). The molecule has 0 unspecified atom stereocenters. The first kappa shape index (κ1) is 14.0. The van der Waals surface area contributed by atoms with E-state index in [9.17, 15) is 4.39 Å². The van der Waals surface area contributed by atoms with Crippen molar-refractivity contribution in [3.8, 4) is 11.5 Å². The largest absolute Gasteiger partial charge is 0.454 e.